The van der Waals surface area contributed by atoms with Gasteiger partial charge < -0.3 is 9.47 Å². The summed E-state index contributed by atoms with van der Waals surface area (Å²) in [5.74, 6) is 0. The quantitative estimate of drug-likeness (QED) is 0.475. The molecule has 0 aromatic rings. The Bertz CT molecular complexity index is 123. The zero-order chi connectivity index (χ0) is 9.40. The molecule has 3 nitrogen and oxygen atoms in total. The third-order valence-corrected chi connectivity index (χ3v) is 1.68. The van der Waals surface area contributed by atoms with Gasteiger partial charge in [-0.25, -0.2) is 4.79 Å². The van der Waals surface area contributed by atoms with E-state index >= 15 is 0 Å². The second kappa shape index (κ2) is 6.95. The highest BCUT2D eigenvalue weighted by molar-refractivity contribution is 5.59. The van der Waals surface area contributed by atoms with Crippen molar-refractivity contribution in [1.82, 2.24) is 0 Å². The van der Waals surface area contributed by atoms with E-state index in [0.29, 0.717) is 0 Å². The van der Waals surface area contributed by atoms with E-state index in [-0.39, 0.29) is 6.10 Å². The van der Waals surface area contributed by atoms with Gasteiger partial charge in [0.1, 0.15) is 6.10 Å². The second-order valence-corrected chi connectivity index (χ2v) is 2.88. The van der Waals surface area contributed by atoms with E-state index in [1.807, 2.05) is 6.92 Å². The van der Waals surface area contributed by atoms with Crippen LogP contribution in [0, 0.1) is 0 Å². The number of unbranched alkanes of at least 4 members (excludes halogenated alkanes) is 2. The van der Waals surface area contributed by atoms with Crippen molar-refractivity contribution in [3.05, 3.63) is 0 Å². The Morgan fingerprint density at radius 2 is 2.08 bits per heavy atom. The third kappa shape index (κ3) is 6.01. The summed E-state index contributed by atoms with van der Waals surface area (Å²) in [6.45, 7) is 4.03. The molecule has 0 N–H and O–H groups in total. The molecule has 0 aliphatic rings. The van der Waals surface area contributed by atoms with E-state index in [9.17, 15) is 4.79 Å². The summed E-state index contributed by atoms with van der Waals surface area (Å²) in [7, 11) is 1.32. The van der Waals surface area contributed by atoms with Crippen molar-refractivity contribution < 1.29 is 14.3 Å². The lowest BCUT2D eigenvalue weighted by Gasteiger charge is -2.10. The summed E-state index contributed by atoms with van der Waals surface area (Å²) >= 11 is 0. The monoisotopic (exact) mass is 174 g/mol. The molecule has 72 valence electrons. The van der Waals surface area contributed by atoms with Crippen LogP contribution in [0.2, 0.25) is 0 Å². The first-order valence-electron chi connectivity index (χ1n) is 4.45. The lowest BCUT2D eigenvalue weighted by atomic mass is 10.1. The standard InChI is InChI=1S/C9H18O3/c1-4-5-6-7-8(2)12-9(10)11-3/h8H,4-7H2,1-3H3/t8-/m0/s1. The summed E-state index contributed by atoms with van der Waals surface area (Å²) in [5.41, 5.74) is 0. The van der Waals surface area contributed by atoms with Crippen molar-refractivity contribution in [3.8, 4) is 0 Å². The molecule has 0 amide bonds. The lowest BCUT2D eigenvalue weighted by molar-refractivity contribution is 0.0398. The topological polar surface area (TPSA) is 35.5 Å². The molecule has 3 heteroatoms. The molecule has 0 aromatic carbocycles. The van der Waals surface area contributed by atoms with Gasteiger partial charge in [0.25, 0.3) is 0 Å². The fraction of sp³-hybridized carbons (Fsp3) is 0.889. The van der Waals surface area contributed by atoms with Gasteiger partial charge >= 0.3 is 6.16 Å². The van der Waals surface area contributed by atoms with E-state index in [0.717, 1.165) is 12.8 Å². The summed E-state index contributed by atoms with van der Waals surface area (Å²) in [6, 6.07) is 0. The zero-order valence-corrected chi connectivity index (χ0v) is 8.13. The normalized spacial score (nSPS) is 12.2. The highest BCUT2D eigenvalue weighted by atomic mass is 16.7. The predicted octanol–water partition coefficient (Wildman–Crippen LogP) is 2.74. The fourth-order valence-corrected chi connectivity index (χ4v) is 0.953. The molecule has 12 heavy (non-hydrogen) atoms. The van der Waals surface area contributed by atoms with Gasteiger partial charge in [-0.1, -0.05) is 19.8 Å². The maximum atomic E-state index is 10.6. The van der Waals surface area contributed by atoms with Gasteiger partial charge in [0.2, 0.25) is 0 Å². The Hall–Kier alpha value is -0.730. The molecule has 0 aromatic heterocycles. The second-order valence-electron chi connectivity index (χ2n) is 2.88. The largest absolute Gasteiger partial charge is 0.508 e. The van der Waals surface area contributed by atoms with Crippen molar-refractivity contribution in [1.29, 1.82) is 0 Å². The van der Waals surface area contributed by atoms with Crippen LogP contribution in [-0.2, 0) is 9.47 Å². The number of hydrogen-bond donors (Lipinski definition) is 0. The minimum absolute atomic E-state index is 0.0241. The Balaban J connectivity index is 3.32. The van der Waals surface area contributed by atoms with Crippen LogP contribution in [0.5, 0.6) is 0 Å². The average Bonchev–Trinajstić information content (AvgIpc) is 2.05. The third-order valence-electron chi connectivity index (χ3n) is 1.68. The highest BCUT2D eigenvalue weighted by Gasteiger charge is 2.07. The Morgan fingerprint density at radius 1 is 1.42 bits per heavy atom. The van der Waals surface area contributed by atoms with Crippen LogP contribution in [-0.4, -0.2) is 19.4 Å². The van der Waals surface area contributed by atoms with Crippen LogP contribution in [0.3, 0.4) is 0 Å². The SMILES string of the molecule is CCCCC[C@H](C)OC(=O)OC. The van der Waals surface area contributed by atoms with Crippen LogP contribution in [0.1, 0.15) is 39.5 Å². The Morgan fingerprint density at radius 3 is 2.58 bits per heavy atom. The van der Waals surface area contributed by atoms with Gasteiger partial charge in [0, 0.05) is 0 Å². The van der Waals surface area contributed by atoms with Crippen LogP contribution >= 0.6 is 0 Å². The summed E-state index contributed by atoms with van der Waals surface area (Å²) in [4.78, 5) is 10.6. The summed E-state index contributed by atoms with van der Waals surface area (Å²) < 4.78 is 9.25. The number of hydrogen-bond acceptors (Lipinski definition) is 3. The first kappa shape index (κ1) is 11.3. The number of carbonyl (C=O) groups is 1. The van der Waals surface area contributed by atoms with Gasteiger partial charge in [-0.2, -0.15) is 0 Å². The molecule has 0 rings (SSSR count). The van der Waals surface area contributed by atoms with Crippen molar-refractivity contribution in [2.75, 3.05) is 7.11 Å². The Labute approximate surface area is 74.0 Å². The van der Waals surface area contributed by atoms with Crippen molar-refractivity contribution in [2.24, 2.45) is 0 Å². The molecule has 0 heterocycles. The molecule has 0 aliphatic carbocycles. The average molecular weight is 174 g/mol. The number of methoxy groups -OCH3 is 1. The maximum Gasteiger partial charge on any atom is 0.508 e. The molecule has 0 radical (unpaired) electrons. The molecule has 0 aliphatic heterocycles. The summed E-state index contributed by atoms with van der Waals surface area (Å²) in [5, 5.41) is 0. The van der Waals surface area contributed by atoms with Gasteiger partial charge in [0.05, 0.1) is 7.11 Å². The fourth-order valence-electron chi connectivity index (χ4n) is 0.953. The van der Waals surface area contributed by atoms with Crippen LogP contribution < -0.4 is 0 Å². The van der Waals surface area contributed by atoms with Crippen LogP contribution in [0.15, 0.2) is 0 Å². The van der Waals surface area contributed by atoms with E-state index < -0.39 is 6.16 Å². The molecule has 0 fully saturated rings. The molecular formula is C9H18O3. The molecule has 1 atom stereocenters. The first-order valence-corrected chi connectivity index (χ1v) is 4.45. The van der Waals surface area contributed by atoms with Gasteiger partial charge in [-0.05, 0) is 19.8 Å². The maximum absolute atomic E-state index is 10.6. The smallest absolute Gasteiger partial charge is 0.438 e. The van der Waals surface area contributed by atoms with Gasteiger partial charge in [0.15, 0.2) is 0 Å². The molecule has 0 saturated heterocycles. The van der Waals surface area contributed by atoms with Gasteiger partial charge in [-0.15, -0.1) is 0 Å². The predicted molar refractivity (Wildman–Crippen MR) is 47.1 cm³/mol. The molecule has 0 unspecified atom stereocenters. The highest BCUT2D eigenvalue weighted by Crippen LogP contribution is 2.06. The van der Waals surface area contributed by atoms with Gasteiger partial charge in [-0.3, -0.25) is 0 Å². The van der Waals surface area contributed by atoms with E-state index in [4.69, 9.17) is 4.74 Å². The Kier molecular flexibility index (Phi) is 6.53. The zero-order valence-electron chi connectivity index (χ0n) is 8.13. The van der Waals surface area contributed by atoms with Crippen molar-refractivity contribution >= 4 is 6.16 Å². The number of ether oxygens (including phenoxy) is 2. The lowest BCUT2D eigenvalue weighted by Crippen LogP contribution is -2.14. The summed E-state index contributed by atoms with van der Waals surface area (Å²) in [6.07, 6.45) is 3.79. The van der Waals surface area contributed by atoms with Crippen molar-refractivity contribution in [2.45, 2.75) is 45.6 Å². The van der Waals surface area contributed by atoms with E-state index in [2.05, 4.69) is 11.7 Å². The van der Waals surface area contributed by atoms with E-state index in [1.165, 1.54) is 20.0 Å². The minimum atomic E-state index is -0.584. The first-order chi connectivity index (χ1) is 5.70. The minimum Gasteiger partial charge on any atom is -0.438 e. The molecule has 0 bridgehead atoms. The number of carbonyl (C=O) groups excluding carboxylic acids is 1. The molecule has 0 saturated carbocycles. The van der Waals surface area contributed by atoms with Crippen LogP contribution in [0.4, 0.5) is 4.79 Å². The van der Waals surface area contributed by atoms with Crippen LogP contribution in [0.25, 0.3) is 0 Å². The van der Waals surface area contributed by atoms with E-state index in [1.54, 1.807) is 0 Å². The molecular weight excluding hydrogens is 156 g/mol. The van der Waals surface area contributed by atoms with Crippen molar-refractivity contribution in [3.63, 3.8) is 0 Å². The molecule has 0 spiro atoms. The number of rotatable bonds is 5.